The van der Waals surface area contributed by atoms with Gasteiger partial charge in [0.05, 0.1) is 56.1 Å². The van der Waals surface area contributed by atoms with E-state index in [0.717, 1.165) is 147 Å². The first-order chi connectivity index (χ1) is 48.1. The molecule has 6 aromatic carbocycles. The molecule has 0 aliphatic heterocycles. The SMILES string of the molecule is C#Cc1c(-n2c3c(c4c2C=CCC4)CCC=C3)c(-n2c3c(c4cc(-c5ccccc5)ccc42)CC(C2=CCCC=C2)C=C3)c(-n2c3ccccc3c3ccccc32)c(-n2c3c(c4cc(C5=CCCC=C5)ccc42)CC(C2C=CC=CC2)C=C3)c1-n1c2c(c3c1C=CCC3)CCC=C2. The van der Waals surface area contributed by atoms with Crippen molar-refractivity contribution in [2.75, 3.05) is 0 Å². The molecule has 0 bridgehead atoms. The fourth-order valence-electron chi connectivity index (χ4n) is 18.7. The van der Waals surface area contributed by atoms with Gasteiger partial charge in [-0.1, -0.05) is 182 Å². The van der Waals surface area contributed by atoms with E-state index in [1.165, 1.54) is 122 Å². The summed E-state index contributed by atoms with van der Waals surface area (Å²) in [6.07, 6.45) is 76.2. The summed E-state index contributed by atoms with van der Waals surface area (Å²) in [5.41, 5.74) is 33.0. The molecular formula is C92H75N5. The number of nitrogens with zero attached hydrogens (tertiary/aromatic N) is 5. The van der Waals surface area contributed by atoms with E-state index in [9.17, 15) is 0 Å². The minimum absolute atomic E-state index is 0.211. The smallest absolute Gasteiger partial charge is 0.0991 e. The maximum Gasteiger partial charge on any atom is 0.0991 e. The number of rotatable bonds is 9. The number of benzene rings is 6. The number of hydrogen-bond donors (Lipinski definition) is 0. The van der Waals surface area contributed by atoms with E-state index in [2.05, 4.69) is 278 Å². The molecule has 5 aromatic heterocycles. The Labute approximate surface area is 567 Å². The average molecular weight is 1250 g/mol. The van der Waals surface area contributed by atoms with Crippen LogP contribution in [0.4, 0.5) is 0 Å². The second-order valence-electron chi connectivity index (χ2n) is 28.2. The third-order valence-electron chi connectivity index (χ3n) is 23.0. The van der Waals surface area contributed by atoms with Gasteiger partial charge < -0.3 is 22.8 Å². The van der Waals surface area contributed by atoms with Crippen molar-refractivity contribution in [3.63, 3.8) is 0 Å². The van der Waals surface area contributed by atoms with Crippen molar-refractivity contribution in [2.24, 2.45) is 17.8 Å². The predicted molar refractivity (Wildman–Crippen MR) is 408 cm³/mol. The Kier molecular flexibility index (Phi) is 13.2. The van der Waals surface area contributed by atoms with E-state index in [-0.39, 0.29) is 5.92 Å². The zero-order chi connectivity index (χ0) is 63.8. The molecule has 0 saturated heterocycles. The van der Waals surface area contributed by atoms with Crippen molar-refractivity contribution in [3.8, 4) is 51.9 Å². The molecule has 9 aliphatic rings. The molecule has 0 amide bonds. The number of fused-ring (bicyclic) bond motifs is 15. The molecule has 97 heavy (non-hydrogen) atoms. The van der Waals surface area contributed by atoms with Crippen molar-refractivity contribution in [2.45, 2.75) is 96.3 Å². The first-order valence-electron chi connectivity index (χ1n) is 35.9. The van der Waals surface area contributed by atoms with Crippen molar-refractivity contribution < 1.29 is 0 Å². The van der Waals surface area contributed by atoms with E-state index in [1.807, 2.05) is 0 Å². The Hall–Kier alpha value is -10.8. The Morgan fingerprint density at radius 3 is 1.40 bits per heavy atom. The Balaban J connectivity index is 1.05. The van der Waals surface area contributed by atoms with Crippen LogP contribution in [0.25, 0.3) is 125 Å². The number of aromatic nitrogens is 5. The van der Waals surface area contributed by atoms with Crippen LogP contribution in [0.3, 0.4) is 0 Å². The third-order valence-corrected chi connectivity index (χ3v) is 23.0. The van der Waals surface area contributed by atoms with Crippen LogP contribution in [0.2, 0.25) is 0 Å². The lowest BCUT2D eigenvalue weighted by atomic mass is 9.79. The van der Waals surface area contributed by atoms with Crippen LogP contribution in [0, 0.1) is 30.1 Å². The molecule has 20 rings (SSSR count). The summed E-state index contributed by atoms with van der Waals surface area (Å²) in [6, 6.07) is 44.3. The highest BCUT2D eigenvalue weighted by atomic mass is 15.2. The highest BCUT2D eigenvalue weighted by Gasteiger charge is 2.41. The van der Waals surface area contributed by atoms with Crippen LogP contribution in [0.5, 0.6) is 0 Å². The van der Waals surface area contributed by atoms with Gasteiger partial charge in [-0.15, -0.1) is 6.42 Å². The lowest BCUT2D eigenvalue weighted by Crippen LogP contribution is -2.22. The Morgan fingerprint density at radius 1 is 0.340 bits per heavy atom. The molecule has 9 aliphatic carbocycles. The largest absolute Gasteiger partial charge is 0.307 e. The van der Waals surface area contributed by atoms with Gasteiger partial charge in [-0.2, -0.15) is 0 Å². The Morgan fingerprint density at radius 2 is 0.845 bits per heavy atom. The second kappa shape index (κ2) is 22.7. The topological polar surface area (TPSA) is 24.6 Å². The molecule has 0 N–H and O–H groups in total. The van der Waals surface area contributed by atoms with Crippen molar-refractivity contribution in [1.29, 1.82) is 0 Å². The molecule has 0 radical (unpaired) electrons. The van der Waals surface area contributed by atoms with Crippen LogP contribution in [0.15, 0.2) is 218 Å². The standard InChI is InChI=1S/C92H75N5/c1-2-67-88(93-78-41-21-15-35-68(78)69-36-16-22-42-79(69)93)90(96-84-51-47-63(59-27-7-3-8-28-59)55-74(84)75-56-64(48-52-85(75)96)60-29-9-4-10-30-60)92(95-82-45-25-19-39-72(82)73-40-20-26-46-83(73)95)91(89(67)94-80-43-23-17-37-70(80)71-38-18-24-44-81(71)94)97-86-53-49-65(61-31-11-5-12-32-61)57-76(86)77-58-66(50-54-87(77)97)62-33-13-6-14-34-62/h1,3,5,7-9,11-13,19-31,33-34,39-55,58,61,64-65H,4,6,10,14-18,32,35-38,56-57H2. The maximum absolute atomic E-state index is 7.91. The van der Waals surface area contributed by atoms with Crippen molar-refractivity contribution >= 4 is 85.6 Å². The van der Waals surface area contributed by atoms with Crippen LogP contribution >= 0.6 is 0 Å². The normalized spacial score (nSPS) is 19.4. The van der Waals surface area contributed by atoms with Gasteiger partial charge in [0.2, 0.25) is 0 Å². The van der Waals surface area contributed by atoms with Crippen molar-refractivity contribution in [3.05, 3.63) is 297 Å². The molecule has 0 spiro atoms. The van der Waals surface area contributed by atoms with Gasteiger partial charge >= 0.3 is 0 Å². The van der Waals surface area contributed by atoms with Gasteiger partial charge in [0, 0.05) is 61.6 Å². The van der Waals surface area contributed by atoms with Crippen molar-refractivity contribution in [1.82, 2.24) is 22.8 Å². The summed E-state index contributed by atoms with van der Waals surface area (Å²) in [7, 11) is 0. The first kappa shape index (κ1) is 56.5. The molecule has 11 aromatic rings. The summed E-state index contributed by atoms with van der Waals surface area (Å²) in [4.78, 5) is 0. The summed E-state index contributed by atoms with van der Waals surface area (Å²) >= 11 is 0. The van der Waals surface area contributed by atoms with Gasteiger partial charge in [-0.3, -0.25) is 0 Å². The monoisotopic (exact) mass is 1250 g/mol. The molecular weight excluding hydrogens is 1180 g/mol. The highest BCUT2D eigenvalue weighted by molar-refractivity contribution is 6.11. The minimum Gasteiger partial charge on any atom is -0.307 e. The predicted octanol–water partition coefficient (Wildman–Crippen LogP) is 22.3. The molecule has 468 valence electrons. The number of para-hydroxylation sites is 2. The zero-order valence-electron chi connectivity index (χ0n) is 54.8. The van der Waals surface area contributed by atoms with Gasteiger partial charge in [-0.05, 0) is 242 Å². The van der Waals surface area contributed by atoms with E-state index >= 15 is 0 Å². The van der Waals surface area contributed by atoms with Gasteiger partial charge in [0.15, 0.2) is 0 Å². The van der Waals surface area contributed by atoms with Gasteiger partial charge in [0.25, 0.3) is 0 Å². The molecule has 3 unspecified atom stereocenters. The summed E-state index contributed by atoms with van der Waals surface area (Å²) in [5.74, 6) is 4.71. The number of allylic oxidation sites excluding steroid dienone is 18. The summed E-state index contributed by atoms with van der Waals surface area (Å²) in [6.45, 7) is 0. The fourth-order valence-corrected chi connectivity index (χ4v) is 18.7. The number of terminal acetylenes is 1. The van der Waals surface area contributed by atoms with E-state index in [4.69, 9.17) is 6.42 Å². The lowest BCUT2D eigenvalue weighted by molar-refractivity contribution is 0.472. The quantitative estimate of drug-likeness (QED) is 0.129. The maximum atomic E-state index is 7.91. The molecule has 5 nitrogen and oxygen atoms in total. The molecule has 0 fully saturated rings. The lowest BCUT2D eigenvalue weighted by Gasteiger charge is -2.32. The summed E-state index contributed by atoms with van der Waals surface area (Å²) in [5, 5.41) is 4.98. The zero-order valence-corrected chi connectivity index (χ0v) is 54.8. The van der Waals surface area contributed by atoms with E-state index in [1.54, 1.807) is 0 Å². The van der Waals surface area contributed by atoms with Gasteiger partial charge in [-0.25, -0.2) is 0 Å². The van der Waals surface area contributed by atoms with Crippen LogP contribution in [-0.4, -0.2) is 22.8 Å². The minimum atomic E-state index is 0.211. The van der Waals surface area contributed by atoms with Crippen LogP contribution in [-0.2, 0) is 38.5 Å². The van der Waals surface area contributed by atoms with E-state index in [0.29, 0.717) is 11.8 Å². The number of hydrogen-bond acceptors (Lipinski definition) is 0. The molecule has 0 saturated carbocycles. The molecule has 5 heteroatoms. The Bertz CT molecular complexity index is 5550. The van der Waals surface area contributed by atoms with Crippen LogP contribution < -0.4 is 0 Å². The fraction of sp³-hybridized carbons (Fsp3) is 0.196. The van der Waals surface area contributed by atoms with Gasteiger partial charge in [0.1, 0.15) is 0 Å². The van der Waals surface area contributed by atoms with Crippen LogP contribution in [0.1, 0.15) is 136 Å². The first-order valence-corrected chi connectivity index (χ1v) is 35.9. The molecule has 3 atom stereocenters. The highest BCUT2D eigenvalue weighted by Crippen LogP contribution is 2.54. The second-order valence-corrected chi connectivity index (χ2v) is 28.2. The summed E-state index contributed by atoms with van der Waals surface area (Å²) < 4.78 is 13.5. The van der Waals surface area contributed by atoms with E-state index < -0.39 is 0 Å². The third kappa shape index (κ3) is 8.64. The molecule has 5 heterocycles. The average Bonchev–Trinajstić information content (AvgIpc) is 1.57.